The molecule has 1 heterocycles. The number of aliphatic hydroxyl groups is 1. The Morgan fingerprint density at radius 2 is 2.05 bits per heavy atom. The molecule has 20 heavy (non-hydrogen) atoms. The molecule has 0 spiro atoms. The zero-order valence-corrected chi connectivity index (χ0v) is 13.2. The van der Waals surface area contributed by atoms with Gasteiger partial charge in [-0.05, 0) is 46.2 Å². The molecular formula is C16H22ClFO2. The first-order valence-corrected chi connectivity index (χ1v) is 7.31. The van der Waals surface area contributed by atoms with Crippen LogP contribution in [0.4, 0.5) is 4.39 Å². The largest absolute Gasteiger partial charge is 0.392 e. The smallest absolute Gasteiger partial charge is 0.127 e. The maximum atomic E-state index is 13.8. The summed E-state index contributed by atoms with van der Waals surface area (Å²) in [7, 11) is 0. The molecule has 0 saturated carbocycles. The summed E-state index contributed by atoms with van der Waals surface area (Å²) in [4.78, 5) is 0. The van der Waals surface area contributed by atoms with E-state index in [0.29, 0.717) is 10.6 Å². The summed E-state index contributed by atoms with van der Waals surface area (Å²) in [5.41, 5.74) is -0.323. The summed E-state index contributed by atoms with van der Waals surface area (Å²) in [5.74, 6) is -0.416. The number of hydrogen-bond acceptors (Lipinski definition) is 2. The highest BCUT2D eigenvalue weighted by Crippen LogP contribution is 2.44. The van der Waals surface area contributed by atoms with Crippen LogP contribution in [0, 0.1) is 11.7 Å². The van der Waals surface area contributed by atoms with Gasteiger partial charge in [-0.15, -0.1) is 0 Å². The molecule has 0 radical (unpaired) electrons. The van der Waals surface area contributed by atoms with E-state index in [-0.39, 0.29) is 23.8 Å². The number of benzene rings is 1. The number of aliphatic hydroxyl groups excluding tert-OH is 1. The Kier molecular flexibility index (Phi) is 4.16. The van der Waals surface area contributed by atoms with Gasteiger partial charge in [0, 0.05) is 22.9 Å². The van der Waals surface area contributed by atoms with Gasteiger partial charge in [0.15, 0.2) is 0 Å². The Hall–Kier alpha value is -0.640. The lowest BCUT2D eigenvalue weighted by Crippen LogP contribution is -2.37. The summed E-state index contributed by atoms with van der Waals surface area (Å²) in [6.45, 7) is 7.96. The van der Waals surface area contributed by atoms with Crippen molar-refractivity contribution in [3.05, 3.63) is 34.6 Å². The number of rotatable bonds is 3. The maximum Gasteiger partial charge on any atom is 0.127 e. The Morgan fingerprint density at radius 3 is 2.55 bits per heavy atom. The van der Waals surface area contributed by atoms with E-state index in [2.05, 4.69) is 0 Å². The number of halogens is 2. The van der Waals surface area contributed by atoms with E-state index >= 15 is 0 Å². The number of ether oxygens (including phenoxy) is 1. The normalized spacial score (nSPS) is 25.6. The molecule has 1 aliphatic rings. The fourth-order valence-corrected chi connectivity index (χ4v) is 3.52. The van der Waals surface area contributed by atoms with Crippen molar-refractivity contribution in [3.8, 4) is 0 Å². The molecule has 2 nitrogen and oxygen atoms in total. The van der Waals surface area contributed by atoms with Gasteiger partial charge < -0.3 is 9.84 Å². The van der Waals surface area contributed by atoms with E-state index in [9.17, 15) is 9.50 Å². The third-order valence-electron chi connectivity index (χ3n) is 4.08. The molecule has 0 aliphatic carbocycles. The van der Waals surface area contributed by atoms with Gasteiger partial charge in [0.05, 0.1) is 17.3 Å². The highest BCUT2D eigenvalue weighted by molar-refractivity contribution is 6.31. The molecule has 0 bridgehead atoms. The monoisotopic (exact) mass is 300 g/mol. The first kappa shape index (κ1) is 15.7. The molecule has 112 valence electrons. The van der Waals surface area contributed by atoms with Gasteiger partial charge in [0.1, 0.15) is 5.82 Å². The molecule has 2 atom stereocenters. The molecule has 1 aromatic carbocycles. The van der Waals surface area contributed by atoms with Gasteiger partial charge >= 0.3 is 0 Å². The molecule has 2 unspecified atom stereocenters. The van der Waals surface area contributed by atoms with Gasteiger partial charge in [-0.2, -0.15) is 0 Å². The van der Waals surface area contributed by atoms with Gasteiger partial charge in [-0.1, -0.05) is 17.7 Å². The average Bonchev–Trinajstić information content (AvgIpc) is 2.52. The topological polar surface area (TPSA) is 29.5 Å². The van der Waals surface area contributed by atoms with Crippen molar-refractivity contribution in [2.75, 3.05) is 0 Å². The third kappa shape index (κ3) is 3.16. The first-order chi connectivity index (χ1) is 9.12. The van der Waals surface area contributed by atoms with Crippen molar-refractivity contribution in [2.24, 2.45) is 5.92 Å². The van der Waals surface area contributed by atoms with Crippen LogP contribution in [0.2, 0.25) is 5.02 Å². The van der Waals surface area contributed by atoms with Crippen molar-refractivity contribution in [2.45, 2.75) is 57.8 Å². The van der Waals surface area contributed by atoms with E-state index in [1.165, 1.54) is 6.07 Å². The molecule has 1 saturated heterocycles. The van der Waals surface area contributed by atoms with Crippen molar-refractivity contribution in [3.63, 3.8) is 0 Å². The highest BCUT2D eigenvalue weighted by Gasteiger charge is 2.48. The van der Waals surface area contributed by atoms with Gasteiger partial charge in [0.2, 0.25) is 0 Å². The minimum absolute atomic E-state index is 0.0480. The standard InChI is InChI=1S/C16H22ClFO2/c1-15(2)9-11(16(3,4)20-15)14(19)8-10-12(17)6-5-7-13(10)18/h5-7,11,14,19H,8-9H2,1-4H3. The minimum atomic E-state index is -0.679. The number of hydrogen-bond donors (Lipinski definition) is 1. The first-order valence-electron chi connectivity index (χ1n) is 6.93. The summed E-state index contributed by atoms with van der Waals surface area (Å²) >= 11 is 6.03. The quantitative estimate of drug-likeness (QED) is 0.915. The lowest BCUT2D eigenvalue weighted by atomic mass is 9.81. The maximum absolute atomic E-state index is 13.8. The van der Waals surface area contributed by atoms with Crippen molar-refractivity contribution in [1.82, 2.24) is 0 Å². The summed E-state index contributed by atoms with van der Waals surface area (Å²) in [6, 6.07) is 4.58. The molecule has 4 heteroatoms. The van der Waals surface area contributed by atoms with Crippen LogP contribution in [0.3, 0.4) is 0 Å². The van der Waals surface area contributed by atoms with E-state index < -0.39 is 11.7 Å². The Balaban J connectivity index is 2.19. The molecule has 1 aromatic rings. The van der Waals surface area contributed by atoms with E-state index in [4.69, 9.17) is 16.3 Å². The zero-order chi connectivity index (χ0) is 15.1. The SMILES string of the molecule is CC1(C)CC(C(O)Cc2c(F)cccc2Cl)C(C)(C)O1. The average molecular weight is 301 g/mol. The summed E-state index contributed by atoms with van der Waals surface area (Å²) in [6.07, 6.45) is 0.271. The highest BCUT2D eigenvalue weighted by atomic mass is 35.5. The van der Waals surface area contributed by atoms with Crippen LogP contribution in [-0.4, -0.2) is 22.4 Å². The molecule has 2 rings (SSSR count). The second-order valence-corrected chi connectivity index (χ2v) is 7.15. The minimum Gasteiger partial charge on any atom is -0.392 e. The molecular weight excluding hydrogens is 279 g/mol. The summed E-state index contributed by atoms with van der Waals surface area (Å²) < 4.78 is 19.8. The van der Waals surface area contributed by atoms with Crippen LogP contribution in [0.1, 0.15) is 39.7 Å². The van der Waals surface area contributed by atoms with Crippen LogP contribution in [0.15, 0.2) is 18.2 Å². The molecule has 0 amide bonds. The second-order valence-electron chi connectivity index (χ2n) is 6.75. The van der Waals surface area contributed by atoms with E-state index in [0.717, 1.165) is 6.42 Å². The second kappa shape index (κ2) is 5.28. The summed E-state index contributed by atoms with van der Waals surface area (Å²) in [5, 5.41) is 10.9. The van der Waals surface area contributed by atoms with Crippen molar-refractivity contribution < 1.29 is 14.2 Å². The zero-order valence-electron chi connectivity index (χ0n) is 12.4. The Morgan fingerprint density at radius 1 is 1.40 bits per heavy atom. The van der Waals surface area contributed by atoms with Crippen LogP contribution in [0.5, 0.6) is 0 Å². The van der Waals surface area contributed by atoms with Crippen LogP contribution >= 0.6 is 11.6 Å². The van der Waals surface area contributed by atoms with Gasteiger partial charge in [0.25, 0.3) is 0 Å². The Bertz CT molecular complexity index is 479. The lowest BCUT2D eigenvalue weighted by molar-refractivity contribution is -0.0873. The van der Waals surface area contributed by atoms with E-state index in [1.54, 1.807) is 12.1 Å². The third-order valence-corrected chi connectivity index (χ3v) is 4.44. The van der Waals surface area contributed by atoms with E-state index in [1.807, 2.05) is 27.7 Å². The van der Waals surface area contributed by atoms with Gasteiger partial charge in [-0.25, -0.2) is 4.39 Å². The fourth-order valence-electron chi connectivity index (χ4n) is 3.28. The Labute approximate surface area is 124 Å². The predicted molar refractivity (Wildman–Crippen MR) is 78.5 cm³/mol. The fraction of sp³-hybridized carbons (Fsp3) is 0.625. The molecule has 1 N–H and O–H groups in total. The van der Waals surface area contributed by atoms with Crippen molar-refractivity contribution >= 4 is 11.6 Å². The predicted octanol–water partition coefficient (Wildman–Crippen LogP) is 3.98. The van der Waals surface area contributed by atoms with Gasteiger partial charge in [-0.3, -0.25) is 0 Å². The lowest BCUT2D eigenvalue weighted by Gasteiger charge is -2.30. The molecule has 0 aromatic heterocycles. The van der Waals surface area contributed by atoms with Crippen LogP contribution in [0.25, 0.3) is 0 Å². The van der Waals surface area contributed by atoms with Crippen molar-refractivity contribution in [1.29, 1.82) is 0 Å². The molecule has 1 fully saturated rings. The molecule has 1 aliphatic heterocycles. The van der Waals surface area contributed by atoms with Crippen LogP contribution < -0.4 is 0 Å². The van der Waals surface area contributed by atoms with Crippen LogP contribution in [-0.2, 0) is 11.2 Å².